The molecule has 0 saturated heterocycles. The molecular weight excluding hydrogens is 234 g/mol. The maximum absolute atomic E-state index is 10.8. The number of carboxylic acids is 1. The smallest absolute Gasteiger partial charge is 0.325 e. The van der Waals surface area contributed by atoms with E-state index in [-0.39, 0.29) is 16.3 Å². The Bertz CT molecular complexity index is 408. The van der Waals surface area contributed by atoms with E-state index in [4.69, 9.17) is 31.9 Å². The second kappa shape index (κ2) is 5.05. The second-order valence-electron chi connectivity index (χ2n) is 3.02. The van der Waals surface area contributed by atoms with Crippen LogP contribution in [0.25, 0.3) is 0 Å². The number of methoxy groups -OCH3 is 2. The van der Waals surface area contributed by atoms with Crippen LogP contribution in [0.1, 0.15) is 11.6 Å². The number of nitrogens with two attached hydrogens (primary N) is 1. The SMILES string of the molecule is COc1ccc([C@H](N)C(=O)O)c(Cl)c1OC. The Balaban J connectivity index is 3.29. The quantitative estimate of drug-likeness (QED) is 0.839. The molecule has 3 N–H and O–H groups in total. The zero-order valence-corrected chi connectivity index (χ0v) is 9.62. The monoisotopic (exact) mass is 245 g/mol. The first-order valence-electron chi connectivity index (χ1n) is 4.41. The second-order valence-corrected chi connectivity index (χ2v) is 3.40. The zero-order chi connectivity index (χ0) is 12.3. The summed E-state index contributed by atoms with van der Waals surface area (Å²) < 4.78 is 10.0. The van der Waals surface area contributed by atoms with Gasteiger partial charge in [-0.3, -0.25) is 4.79 Å². The van der Waals surface area contributed by atoms with E-state index < -0.39 is 12.0 Å². The van der Waals surface area contributed by atoms with Crippen LogP contribution in [-0.4, -0.2) is 25.3 Å². The van der Waals surface area contributed by atoms with Gasteiger partial charge in [0.25, 0.3) is 0 Å². The van der Waals surface area contributed by atoms with Crippen molar-refractivity contribution in [2.45, 2.75) is 6.04 Å². The van der Waals surface area contributed by atoms with Gasteiger partial charge >= 0.3 is 5.97 Å². The first-order valence-corrected chi connectivity index (χ1v) is 4.79. The van der Waals surface area contributed by atoms with Gasteiger partial charge in [-0.1, -0.05) is 17.7 Å². The molecule has 6 heteroatoms. The number of ether oxygens (including phenoxy) is 2. The van der Waals surface area contributed by atoms with Crippen LogP contribution in [0.4, 0.5) is 0 Å². The van der Waals surface area contributed by atoms with Crippen LogP contribution in [-0.2, 0) is 4.79 Å². The molecule has 1 aromatic rings. The highest BCUT2D eigenvalue weighted by atomic mass is 35.5. The summed E-state index contributed by atoms with van der Waals surface area (Å²) in [4.78, 5) is 10.8. The predicted molar refractivity (Wildman–Crippen MR) is 59.1 cm³/mol. The van der Waals surface area contributed by atoms with Crippen molar-refractivity contribution >= 4 is 17.6 Å². The van der Waals surface area contributed by atoms with E-state index >= 15 is 0 Å². The molecule has 1 aromatic carbocycles. The summed E-state index contributed by atoms with van der Waals surface area (Å²) in [6.45, 7) is 0. The zero-order valence-electron chi connectivity index (χ0n) is 8.86. The van der Waals surface area contributed by atoms with E-state index in [1.165, 1.54) is 20.3 Å². The van der Waals surface area contributed by atoms with Crippen LogP contribution in [0, 0.1) is 0 Å². The average molecular weight is 246 g/mol. The van der Waals surface area contributed by atoms with Crippen LogP contribution in [0.2, 0.25) is 5.02 Å². The number of aliphatic carboxylic acids is 1. The maximum atomic E-state index is 10.8. The molecule has 0 aliphatic carbocycles. The lowest BCUT2D eigenvalue weighted by molar-refractivity contribution is -0.138. The van der Waals surface area contributed by atoms with Crippen LogP contribution in [0.5, 0.6) is 11.5 Å². The molecule has 0 saturated carbocycles. The summed E-state index contributed by atoms with van der Waals surface area (Å²) in [5, 5.41) is 8.94. The molecular formula is C10H12ClNO4. The maximum Gasteiger partial charge on any atom is 0.325 e. The highest BCUT2D eigenvalue weighted by Crippen LogP contribution is 2.39. The first-order chi connectivity index (χ1) is 7.52. The van der Waals surface area contributed by atoms with Crippen molar-refractivity contribution in [1.29, 1.82) is 0 Å². The topological polar surface area (TPSA) is 81.8 Å². The fraction of sp³-hybridized carbons (Fsp3) is 0.300. The van der Waals surface area contributed by atoms with Gasteiger partial charge in [-0.2, -0.15) is 0 Å². The van der Waals surface area contributed by atoms with Gasteiger partial charge in [0, 0.05) is 5.56 Å². The molecule has 0 heterocycles. The third-order valence-corrected chi connectivity index (χ3v) is 2.51. The van der Waals surface area contributed by atoms with E-state index in [2.05, 4.69) is 0 Å². The Kier molecular flexibility index (Phi) is 3.98. The van der Waals surface area contributed by atoms with Gasteiger partial charge in [-0.25, -0.2) is 0 Å². The first kappa shape index (κ1) is 12.6. The molecule has 16 heavy (non-hydrogen) atoms. The molecule has 0 aliphatic heterocycles. The van der Waals surface area contributed by atoms with E-state index in [0.717, 1.165) is 0 Å². The van der Waals surface area contributed by atoms with Crippen molar-refractivity contribution in [2.75, 3.05) is 14.2 Å². The van der Waals surface area contributed by atoms with E-state index in [0.29, 0.717) is 5.75 Å². The number of benzene rings is 1. The Morgan fingerprint density at radius 2 is 2.06 bits per heavy atom. The van der Waals surface area contributed by atoms with Crippen molar-refractivity contribution < 1.29 is 19.4 Å². The van der Waals surface area contributed by atoms with E-state index in [1.807, 2.05) is 0 Å². The predicted octanol–water partition coefficient (Wildman–Crippen LogP) is 1.44. The molecule has 88 valence electrons. The number of hydrogen-bond acceptors (Lipinski definition) is 4. The summed E-state index contributed by atoms with van der Waals surface area (Å²) in [5.41, 5.74) is 5.76. The van der Waals surface area contributed by atoms with Gasteiger partial charge in [0.1, 0.15) is 6.04 Å². The Labute approximate surface area is 97.7 Å². The molecule has 0 radical (unpaired) electrons. The minimum absolute atomic E-state index is 0.150. The molecule has 1 atom stereocenters. The van der Waals surface area contributed by atoms with E-state index in [9.17, 15) is 4.79 Å². The number of hydrogen-bond donors (Lipinski definition) is 2. The molecule has 0 spiro atoms. The van der Waals surface area contributed by atoms with Gasteiger partial charge in [-0.15, -0.1) is 0 Å². The van der Waals surface area contributed by atoms with Crippen molar-refractivity contribution in [3.63, 3.8) is 0 Å². The molecule has 1 rings (SSSR count). The fourth-order valence-corrected chi connectivity index (χ4v) is 1.63. The van der Waals surface area contributed by atoms with Crippen molar-refractivity contribution in [3.8, 4) is 11.5 Å². The minimum Gasteiger partial charge on any atom is -0.493 e. The third kappa shape index (κ3) is 2.20. The highest BCUT2D eigenvalue weighted by Gasteiger charge is 2.21. The van der Waals surface area contributed by atoms with Crippen LogP contribution in [0.3, 0.4) is 0 Å². The number of halogens is 1. The minimum atomic E-state index is -1.19. The Morgan fingerprint density at radius 3 is 2.50 bits per heavy atom. The number of carbonyl (C=O) groups is 1. The third-order valence-electron chi connectivity index (χ3n) is 2.12. The number of rotatable bonds is 4. The lowest BCUT2D eigenvalue weighted by Gasteiger charge is -2.14. The average Bonchev–Trinajstić information content (AvgIpc) is 2.27. The van der Waals surface area contributed by atoms with Crippen LogP contribution < -0.4 is 15.2 Å². The van der Waals surface area contributed by atoms with Gasteiger partial charge in [0.05, 0.1) is 19.2 Å². The summed E-state index contributed by atoms with van der Waals surface area (Å²) in [6, 6.07) is 1.87. The van der Waals surface area contributed by atoms with Gasteiger partial charge in [0.2, 0.25) is 0 Å². The van der Waals surface area contributed by atoms with Crippen molar-refractivity contribution in [3.05, 3.63) is 22.7 Å². The Morgan fingerprint density at radius 1 is 1.44 bits per heavy atom. The summed E-state index contributed by atoms with van der Waals surface area (Å²) in [7, 11) is 2.88. The largest absolute Gasteiger partial charge is 0.493 e. The summed E-state index contributed by atoms with van der Waals surface area (Å²) in [6.07, 6.45) is 0. The van der Waals surface area contributed by atoms with Crippen LogP contribution in [0.15, 0.2) is 12.1 Å². The standard InChI is InChI=1S/C10H12ClNO4/c1-15-6-4-3-5(8(12)10(13)14)7(11)9(6)16-2/h3-4,8H,12H2,1-2H3,(H,13,14)/t8-/m0/s1. The molecule has 0 aliphatic rings. The summed E-state index contributed by atoms with van der Waals surface area (Å²) in [5.74, 6) is -0.457. The van der Waals surface area contributed by atoms with Crippen LogP contribution >= 0.6 is 11.6 Å². The van der Waals surface area contributed by atoms with Crippen molar-refractivity contribution in [1.82, 2.24) is 0 Å². The van der Waals surface area contributed by atoms with Gasteiger partial charge < -0.3 is 20.3 Å². The highest BCUT2D eigenvalue weighted by molar-refractivity contribution is 6.33. The lowest BCUT2D eigenvalue weighted by atomic mass is 10.1. The van der Waals surface area contributed by atoms with Crippen molar-refractivity contribution in [2.24, 2.45) is 5.73 Å². The molecule has 5 nitrogen and oxygen atoms in total. The molecule has 0 bridgehead atoms. The molecule has 0 aromatic heterocycles. The van der Waals surface area contributed by atoms with Gasteiger partial charge in [0.15, 0.2) is 11.5 Å². The molecule has 0 fully saturated rings. The van der Waals surface area contributed by atoms with Gasteiger partial charge in [-0.05, 0) is 6.07 Å². The lowest BCUT2D eigenvalue weighted by Crippen LogP contribution is -2.21. The Hall–Kier alpha value is -1.46. The normalized spacial score (nSPS) is 12.0. The van der Waals surface area contributed by atoms with E-state index in [1.54, 1.807) is 6.07 Å². The summed E-state index contributed by atoms with van der Waals surface area (Å²) >= 11 is 5.98. The fourth-order valence-electron chi connectivity index (χ4n) is 1.28. The molecule has 0 unspecified atom stereocenters. The number of carboxylic acid groups (broad SMARTS) is 1. The molecule has 0 amide bonds.